The predicted octanol–water partition coefficient (Wildman–Crippen LogP) is 5.69. The molecule has 0 aliphatic carbocycles. The monoisotopic (exact) mass is 629 g/mol. The Morgan fingerprint density at radius 1 is 0.800 bits per heavy atom. The van der Waals surface area contributed by atoms with Gasteiger partial charge in [0.2, 0.25) is 0 Å². The van der Waals surface area contributed by atoms with Gasteiger partial charge in [-0.2, -0.15) is 4.90 Å². The van der Waals surface area contributed by atoms with E-state index in [0.29, 0.717) is 10.5 Å². The summed E-state index contributed by atoms with van der Waals surface area (Å²) >= 11 is 0. The number of imide groups is 1. The molecule has 0 aliphatic heterocycles. The van der Waals surface area contributed by atoms with Gasteiger partial charge >= 0.3 is 30.2 Å². The lowest BCUT2D eigenvalue weighted by Crippen LogP contribution is -2.51. The van der Waals surface area contributed by atoms with Crippen LogP contribution in [0, 0.1) is 0 Å². The zero-order chi connectivity index (χ0) is 33.9. The second kappa shape index (κ2) is 15.8. The number of hydrogen-bond donors (Lipinski definition) is 1. The highest BCUT2D eigenvalue weighted by Gasteiger charge is 2.39. The quantitative estimate of drug-likeness (QED) is 0.195. The first-order valence-corrected chi connectivity index (χ1v) is 14.3. The Hall–Kier alpha value is -4.81. The van der Waals surface area contributed by atoms with Crippen LogP contribution < -0.4 is 10.6 Å². The van der Waals surface area contributed by atoms with Crippen LogP contribution >= 0.6 is 0 Å². The highest BCUT2D eigenvalue weighted by molar-refractivity contribution is 5.98. The molecular formula is C32H43N3O10. The van der Waals surface area contributed by atoms with Crippen molar-refractivity contribution in [1.82, 2.24) is 4.90 Å². The van der Waals surface area contributed by atoms with E-state index in [1.54, 1.807) is 71.9 Å². The maximum Gasteiger partial charge on any atom is 0.420 e. The molecule has 3 amide bonds. The average Bonchev–Trinajstić information content (AvgIpc) is 2.95. The Balaban J connectivity index is 2.41. The normalized spacial score (nSPS) is 11.9. The van der Waals surface area contributed by atoms with Gasteiger partial charge in [-0.1, -0.05) is 30.3 Å². The third kappa shape index (κ3) is 11.3. The lowest BCUT2D eigenvalue weighted by atomic mass is 10.1. The first-order valence-electron chi connectivity index (χ1n) is 14.3. The van der Waals surface area contributed by atoms with Crippen molar-refractivity contribution in [2.45, 2.75) is 78.2 Å². The van der Waals surface area contributed by atoms with Gasteiger partial charge < -0.3 is 29.4 Å². The summed E-state index contributed by atoms with van der Waals surface area (Å²) in [6.07, 6.45) is -3.06. The summed E-state index contributed by atoms with van der Waals surface area (Å²) in [7, 11) is 2.32. The van der Waals surface area contributed by atoms with Crippen molar-refractivity contribution < 1.29 is 47.7 Å². The third-order valence-electron chi connectivity index (χ3n) is 6.00. The highest BCUT2D eigenvalue weighted by atomic mass is 16.6. The number of hydrogen-bond acceptors (Lipinski definition) is 11. The zero-order valence-electron chi connectivity index (χ0n) is 27.1. The molecule has 0 heterocycles. The Labute approximate surface area is 263 Å². The minimum atomic E-state index is -1.47. The van der Waals surface area contributed by atoms with Gasteiger partial charge in [-0.15, -0.1) is 0 Å². The van der Waals surface area contributed by atoms with Gasteiger partial charge in [0.15, 0.2) is 0 Å². The molecule has 0 aromatic heterocycles. The van der Waals surface area contributed by atoms with Gasteiger partial charge in [0, 0.05) is 17.9 Å². The molecule has 0 aliphatic rings. The Morgan fingerprint density at radius 3 is 1.96 bits per heavy atom. The van der Waals surface area contributed by atoms with E-state index in [9.17, 15) is 24.0 Å². The third-order valence-corrected chi connectivity index (χ3v) is 6.00. The molecule has 0 spiro atoms. The molecule has 1 atom stereocenters. The smallest absolute Gasteiger partial charge is 0.420 e. The molecule has 45 heavy (non-hydrogen) atoms. The van der Waals surface area contributed by atoms with Crippen molar-refractivity contribution in [1.29, 1.82) is 0 Å². The van der Waals surface area contributed by atoms with Crippen molar-refractivity contribution in [2.24, 2.45) is 0 Å². The number of carbonyl (C=O) groups excluding carboxylic acids is 5. The Kier molecular flexibility index (Phi) is 12.8. The summed E-state index contributed by atoms with van der Waals surface area (Å²) in [5, 5.41) is 0. The van der Waals surface area contributed by atoms with Gasteiger partial charge in [0.05, 0.1) is 19.8 Å². The van der Waals surface area contributed by atoms with Crippen LogP contribution in [0.2, 0.25) is 0 Å². The van der Waals surface area contributed by atoms with Gasteiger partial charge in [0.1, 0.15) is 23.9 Å². The fraction of sp³-hybridized carbons (Fsp3) is 0.469. The fourth-order valence-corrected chi connectivity index (χ4v) is 4.00. The molecule has 0 unspecified atom stereocenters. The molecule has 0 saturated heterocycles. The number of nitrogens with two attached hydrogens (primary N) is 1. The summed E-state index contributed by atoms with van der Waals surface area (Å²) in [4.78, 5) is 67.0. The van der Waals surface area contributed by atoms with Crippen molar-refractivity contribution in [2.75, 3.05) is 31.4 Å². The lowest BCUT2D eigenvalue weighted by Gasteiger charge is -2.31. The number of methoxy groups -OCH3 is 2. The first kappa shape index (κ1) is 36.4. The van der Waals surface area contributed by atoms with Crippen LogP contribution in [0.3, 0.4) is 0 Å². The zero-order valence-corrected chi connectivity index (χ0v) is 27.1. The molecule has 2 aromatic carbocycles. The molecule has 2 N–H and O–H groups in total. The molecular weight excluding hydrogens is 586 g/mol. The molecule has 2 rings (SSSR count). The predicted molar refractivity (Wildman–Crippen MR) is 166 cm³/mol. The van der Waals surface area contributed by atoms with Crippen LogP contribution in [-0.4, -0.2) is 73.1 Å². The van der Waals surface area contributed by atoms with Crippen LogP contribution in [0.15, 0.2) is 48.5 Å². The highest BCUT2D eigenvalue weighted by Crippen LogP contribution is 2.26. The number of nitrogen functional groups attached to an aromatic ring is 1. The van der Waals surface area contributed by atoms with Crippen LogP contribution in [0.25, 0.3) is 0 Å². The molecule has 0 fully saturated rings. The minimum absolute atomic E-state index is 0.0354. The molecule has 246 valence electrons. The van der Waals surface area contributed by atoms with Crippen molar-refractivity contribution >= 4 is 41.6 Å². The van der Waals surface area contributed by atoms with Crippen LogP contribution in [0.5, 0.6) is 0 Å². The Morgan fingerprint density at radius 2 is 1.40 bits per heavy atom. The second-order valence-corrected chi connectivity index (χ2v) is 12.0. The van der Waals surface area contributed by atoms with Gasteiger partial charge in [-0.25, -0.2) is 24.0 Å². The van der Waals surface area contributed by atoms with Gasteiger partial charge in [-0.3, -0.25) is 4.90 Å². The van der Waals surface area contributed by atoms with E-state index in [1.165, 1.54) is 30.2 Å². The van der Waals surface area contributed by atoms with E-state index >= 15 is 0 Å². The SMILES string of the molecule is COC(=O)c1cc(N(CCC[C@@H](C(=O)OC)N(C(=O)OCc2ccccc2)C(=O)OC(C)(C)C)C(=O)OC(C)(C)C)ccc1N. The van der Waals surface area contributed by atoms with Crippen LogP contribution in [-0.2, 0) is 35.1 Å². The molecule has 0 radical (unpaired) electrons. The fourth-order valence-electron chi connectivity index (χ4n) is 4.00. The largest absolute Gasteiger partial charge is 0.467 e. The standard InChI is InChI=1S/C32H43N3O10/c1-31(2,3)44-28(38)34(22-16-17-24(33)23(19-22)26(36)41-7)18-12-15-25(27(37)42-8)35(30(40)45-32(4,5)6)29(39)43-20-21-13-10-9-11-14-21/h9-11,13-14,16-17,19,25H,12,15,18,20,33H2,1-8H3/t25-/m0/s1. The lowest BCUT2D eigenvalue weighted by molar-refractivity contribution is -0.146. The number of rotatable bonds is 10. The molecule has 0 bridgehead atoms. The topological polar surface area (TPSA) is 164 Å². The Bertz CT molecular complexity index is 1350. The number of ether oxygens (including phenoxy) is 5. The summed E-state index contributed by atoms with van der Waals surface area (Å²) in [6, 6.07) is 11.7. The average molecular weight is 630 g/mol. The maximum atomic E-state index is 13.3. The van der Waals surface area contributed by atoms with E-state index in [1.807, 2.05) is 0 Å². The molecule has 0 saturated carbocycles. The van der Waals surface area contributed by atoms with Crippen LogP contribution in [0.4, 0.5) is 25.8 Å². The van der Waals surface area contributed by atoms with Crippen molar-refractivity contribution in [3.05, 3.63) is 59.7 Å². The number of anilines is 2. The summed E-state index contributed by atoms with van der Waals surface area (Å²) < 4.78 is 26.1. The number of amides is 3. The van der Waals surface area contributed by atoms with E-state index in [-0.39, 0.29) is 42.9 Å². The molecule has 13 nitrogen and oxygen atoms in total. The second-order valence-electron chi connectivity index (χ2n) is 12.0. The van der Waals surface area contributed by atoms with Gasteiger partial charge in [0.25, 0.3) is 0 Å². The number of benzene rings is 2. The summed E-state index contributed by atoms with van der Waals surface area (Å²) in [5.74, 6) is -1.60. The van der Waals surface area contributed by atoms with Crippen molar-refractivity contribution in [3.8, 4) is 0 Å². The van der Waals surface area contributed by atoms with E-state index < -0.39 is 47.5 Å². The van der Waals surface area contributed by atoms with E-state index in [2.05, 4.69) is 0 Å². The van der Waals surface area contributed by atoms with Gasteiger partial charge in [-0.05, 0) is 78.1 Å². The van der Waals surface area contributed by atoms with E-state index in [4.69, 9.17) is 29.4 Å². The maximum absolute atomic E-state index is 13.3. The number of carbonyl (C=O) groups is 5. The molecule has 2 aromatic rings. The molecule has 13 heteroatoms. The number of nitrogens with zero attached hydrogens (tertiary/aromatic N) is 2. The van der Waals surface area contributed by atoms with E-state index in [0.717, 1.165) is 7.11 Å². The van der Waals surface area contributed by atoms with Crippen LogP contribution in [0.1, 0.15) is 70.3 Å². The summed E-state index contributed by atoms with van der Waals surface area (Å²) in [5.41, 5.74) is 5.18. The summed E-state index contributed by atoms with van der Waals surface area (Å²) in [6.45, 7) is 9.68. The minimum Gasteiger partial charge on any atom is -0.467 e. The van der Waals surface area contributed by atoms with Crippen molar-refractivity contribution in [3.63, 3.8) is 0 Å². The first-order chi connectivity index (χ1) is 21.0. The number of esters is 2.